The zero-order valence-electron chi connectivity index (χ0n) is 8.03. The van der Waals surface area contributed by atoms with Crippen LogP contribution in [0.4, 0.5) is 0 Å². The fourth-order valence-corrected chi connectivity index (χ4v) is 1.60. The van der Waals surface area contributed by atoms with E-state index in [1.54, 1.807) is 7.11 Å². The predicted molar refractivity (Wildman–Crippen MR) is 51.3 cm³/mol. The Kier molecular flexibility index (Phi) is 2.39. The molecule has 1 saturated heterocycles. The Morgan fingerprint density at radius 2 is 2.07 bits per heavy atom. The average molecular weight is 192 g/mol. The maximum absolute atomic E-state index is 10.9. The molecule has 2 rings (SSSR count). The van der Waals surface area contributed by atoms with Crippen molar-refractivity contribution in [3.05, 3.63) is 29.8 Å². The van der Waals surface area contributed by atoms with Crippen LogP contribution in [0.25, 0.3) is 0 Å². The Morgan fingerprint density at radius 3 is 2.57 bits per heavy atom. The number of carbonyl (C=O) groups excluding carboxylic acids is 1. The van der Waals surface area contributed by atoms with E-state index in [-0.39, 0.29) is 11.9 Å². The summed E-state index contributed by atoms with van der Waals surface area (Å²) in [6.45, 7) is 0.505. The van der Waals surface area contributed by atoms with E-state index in [9.17, 15) is 4.79 Å². The number of rotatable bonds is 2. The molecule has 1 aromatic carbocycles. The molecule has 0 bridgehead atoms. The van der Waals surface area contributed by atoms with Crippen molar-refractivity contribution in [1.29, 1.82) is 0 Å². The Morgan fingerprint density at radius 1 is 1.36 bits per heavy atom. The third-order valence-electron chi connectivity index (χ3n) is 2.45. The lowest BCUT2D eigenvalue weighted by Gasteiger charge is -2.06. The summed E-state index contributed by atoms with van der Waals surface area (Å²) in [7, 11) is 1.64. The first-order valence-corrected chi connectivity index (χ1v) is 4.59. The van der Waals surface area contributed by atoms with Gasteiger partial charge in [0.25, 0.3) is 0 Å². The van der Waals surface area contributed by atoms with Gasteiger partial charge in [0.05, 0.1) is 20.1 Å². The summed E-state index contributed by atoms with van der Waals surface area (Å²) in [6.07, 6.45) is 0.492. The number of esters is 1. The number of carbonyl (C=O) groups is 1. The highest BCUT2D eigenvalue weighted by molar-refractivity contribution is 5.72. The van der Waals surface area contributed by atoms with Crippen molar-refractivity contribution in [3.63, 3.8) is 0 Å². The minimum atomic E-state index is -0.106. The Balaban J connectivity index is 2.13. The molecule has 1 aliphatic heterocycles. The molecular weight excluding hydrogens is 180 g/mol. The zero-order chi connectivity index (χ0) is 9.97. The highest BCUT2D eigenvalue weighted by Gasteiger charge is 2.24. The van der Waals surface area contributed by atoms with Gasteiger partial charge >= 0.3 is 5.97 Å². The zero-order valence-corrected chi connectivity index (χ0v) is 8.03. The molecule has 0 amide bonds. The SMILES string of the molecule is COc1ccc([C@H]2COC(=O)C2)cc1. The largest absolute Gasteiger partial charge is 0.497 e. The molecule has 0 saturated carbocycles. The van der Waals surface area contributed by atoms with Crippen molar-refractivity contribution in [3.8, 4) is 5.75 Å². The third kappa shape index (κ3) is 1.71. The van der Waals surface area contributed by atoms with E-state index in [0.717, 1.165) is 11.3 Å². The van der Waals surface area contributed by atoms with Gasteiger partial charge in [0.15, 0.2) is 0 Å². The third-order valence-corrected chi connectivity index (χ3v) is 2.45. The number of methoxy groups -OCH3 is 1. The van der Waals surface area contributed by atoms with Crippen molar-refractivity contribution in [1.82, 2.24) is 0 Å². The number of benzene rings is 1. The number of hydrogen-bond donors (Lipinski definition) is 0. The molecule has 0 radical (unpaired) electrons. The van der Waals surface area contributed by atoms with Crippen LogP contribution in [0.15, 0.2) is 24.3 Å². The summed E-state index contributed by atoms with van der Waals surface area (Å²) < 4.78 is 9.96. The summed E-state index contributed by atoms with van der Waals surface area (Å²) >= 11 is 0. The minimum absolute atomic E-state index is 0.106. The lowest BCUT2D eigenvalue weighted by Crippen LogP contribution is -1.97. The second kappa shape index (κ2) is 3.70. The molecule has 1 aliphatic rings. The normalized spacial score (nSPS) is 20.6. The van der Waals surface area contributed by atoms with Crippen LogP contribution in [-0.2, 0) is 9.53 Å². The fraction of sp³-hybridized carbons (Fsp3) is 0.364. The van der Waals surface area contributed by atoms with Crippen LogP contribution in [0.1, 0.15) is 17.9 Å². The van der Waals surface area contributed by atoms with Crippen molar-refractivity contribution >= 4 is 5.97 Å². The first-order chi connectivity index (χ1) is 6.79. The lowest BCUT2D eigenvalue weighted by atomic mass is 9.98. The van der Waals surface area contributed by atoms with Gasteiger partial charge in [-0.3, -0.25) is 4.79 Å². The van der Waals surface area contributed by atoms with E-state index in [1.807, 2.05) is 24.3 Å². The lowest BCUT2D eigenvalue weighted by molar-refractivity contribution is -0.137. The molecule has 74 valence electrons. The van der Waals surface area contributed by atoms with E-state index >= 15 is 0 Å². The molecule has 1 atom stereocenters. The van der Waals surface area contributed by atoms with Crippen LogP contribution in [-0.4, -0.2) is 19.7 Å². The molecule has 0 aromatic heterocycles. The summed E-state index contributed by atoms with van der Waals surface area (Å²) in [6, 6.07) is 7.76. The van der Waals surface area contributed by atoms with Gasteiger partial charge in [-0.05, 0) is 17.7 Å². The summed E-state index contributed by atoms with van der Waals surface area (Å²) in [5.74, 6) is 0.943. The van der Waals surface area contributed by atoms with E-state index in [0.29, 0.717) is 13.0 Å². The van der Waals surface area contributed by atoms with Gasteiger partial charge in [0.1, 0.15) is 5.75 Å². The Bertz CT molecular complexity index is 329. The topological polar surface area (TPSA) is 35.5 Å². The van der Waals surface area contributed by atoms with Crippen molar-refractivity contribution in [2.75, 3.05) is 13.7 Å². The van der Waals surface area contributed by atoms with Gasteiger partial charge in [0.2, 0.25) is 0 Å². The van der Waals surface area contributed by atoms with Crippen molar-refractivity contribution in [2.45, 2.75) is 12.3 Å². The van der Waals surface area contributed by atoms with Crippen molar-refractivity contribution in [2.24, 2.45) is 0 Å². The monoisotopic (exact) mass is 192 g/mol. The van der Waals surface area contributed by atoms with Crippen LogP contribution in [0.5, 0.6) is 5.75 Å². The maximum Gasteiger partial charge on any atom is 0.306 e. The Hall–Kier alpha value is -1.51. The van der Waals surface area contributed by atoms with E-state index in [1.165, 1.54) is 0 Å². The predicted octanol–water partition coefficient (Wildman–Crippen LogP) is 1.73. The molecule has 1 aromatic rings. The summed E-state index contributed by atoms with van der Waals surface area (Å²) in [4.78, 5) is 10.9. The van der Waals surface area contributed by atoms with Crippen molar-refractivity contribution < 1.29 is 14.3 Å². The Labute approximate surface area is 82.6 Å². The quantitative estimate of drug-likeness (QED) is 0.669. The van der Waals surface area contributed by atoms with Gasteiger partial charge < -0.3 is 9.47 Å². The average Bonchev–Trinajstić information content (AvgIpc) is 2.65. The molecular formula is C11H12O3. The van der Waals surface area contributed by atoms with E-state index in [2.05, 4.69) is 0 Å². The van der Waals surface area contributed by atoms with Gasteiger partial charge in [-0.1, -0.05) is 12.1 Å². The first kappa shape index (κ1) is 9.06. The van der Waals surface area contributed by atoms with Crippen LogP contribution in [0, 0.1) is 0 Å². The van der Waals surface area contributed by atoms with E-state index < -0.39 is 0 Å². The number of ether oxygens (including phenoxy) is 2. The molecule has 0 spiro atoms. The van der Waals surface area contributed by atoms with Crippen LogP contribution in [0.2, 0.25) is 0 Å². The van der Waals surface area contributed by atoms with Crippen LogP contribution in [0.3, 0.4) is 0 Å². The standard InChI is InChI=1S/C11H12O3/c1-13-10-4-2-8(3-5-10)9-6-11(12)14-7-9/h2-5,9H,6-7H2,1H3/t9-/m1/s1. The van der Waals surface area contributed by atoms with Gasteiger partial charge in [0, 0.05) is 5.92 Å². The van der Waals surface area contributed by atoms with Gasteiger partial charge in [-0.2, -0.15) is 0 Å². The molecule has 0 aliphatic carbocycles. The van der Waals surface area contributed by atoms with Crippen LogP contribution < -0.4 is 4.74 Å². The van der Waals surface area contributed by atoms with E-state index in [4.69, 9.17) is 9.47 Å². The molecule has 0 unspecified atom stereocenters. The maximum atomic E-state index is 10.9. The summed E-state index contributed by atoms with van der Waals surface area (Å²) in [5.41, 5.74) is 1.14. The first-order valence-electron chi connectivity index (χ1n) is 4.59. The summed E-state index contributed by atoms with van der Waals surface area (Å²) in [5, 5.41) is 0. The molecule has 3 nitrogen and oxygen atoms in total. The molecule has 0 N–H and O–H groups in total. The fourth-order valence-electron chi connectivity index (χ4n) is 1.60. The molecule has 3 heteroatoms. The molecule has 1 heterocycles. The second-order valence-electron chi connectivity index (χ2n) is 3.36. The molecule has 14 heavy (non-hydrogen) atoms. The number of hydrogen-bond acceptors (Lipinski definition) is 3. The van der Waals surface area contributed by atoms with Gasteiger partial charge in [-0.15, -0.1) is 0 Å². The van der Waals surface area contributed by atoms with Crippen LogP contribution >= 0.6 is 0 Å². The highest BCUT2D eigenvalue weighted by atomic mass is 16.5. The smallest absolute Gasteiger partial charge is 0.306 e. The minimum Gasteiger partial charge on any atom is -0.497 e. The second-order valence-corrected chi connectivity index (χ2v) is 3.36. The molecule has 1 fully saturated rings. The van der Waals surface area contributed by atoms with Gasteiger partial charge in [-0.25, -0.2) is 0 Å². The highest BCUT2D eigenvalue weighted by Crippen LogP contribution is 2.27. The number of cyclic esters (lactones) is 1.